The molecule has 1 aromatic rings. The summed E-state index contributed by atoms with van der Waals surface area (Å²) in [5.74, 6) is -0.228. The molecule has 0 spiro atoms. The number of carbonyl (C=O) groups is 2. The van der Waals surface area contributed by atoms with E-state index in [2.05, 4.69) is 21.2 Å². The highest BCUT2D eigenvalue weighted by molar-refractivity contribution is 9.10. The van der Waals surface area contributed by atoms with Gasteiger partial charge in [0.1, 0.15) is 5.41 Å². The topological polar surface area (TPSA) is 49.4 Å². The molecule has 4 nitrogen and oxygen atoms in total. The first-order valence-electron chi connectivity index (χ1n) is 6.90. The summed E-state index contributed by atoms with van der Waals surface area (Å²) >= 11 is 3.35. The maximum Gasteiger partial charge on any atom is 0.240 e. The van der Waals surface area contributed by atoms with Crippen LogP contribution in [-0.2, 0) is 9.59 Å². The molecule has 2 rings (SSSR count). The van der Waals surface area contributed by atoms with Crippen LogP contribution in [0.15, 0.2) is 28.7 Å². The number of halogens is 1. The summed E-state index contributed by atoms with van der Waals surface area (Å²) in [5, 5.41) is 2.85. The van der Waals surface area contributed by atoms with Gasteiger partial charge in [-0.25, -0.2) is 0 Å². The van der Waals surface area contributed by atoms with E-state index in [-0.39, 0.29) is 11.8 Å². The van der Waals surface area contributed by atoms with Gasteiger partial charge in [-0.2, -0.15) is 0 Å². The van der Waals surface area contributed by atoms with Crippen molar-refractivity contribution in [3.05, 3.63) is 28.7 Å². The Labute approximate surface area is 127 Å². The average Bonchev–Trinajstić information content (AvgIpc) is 3.24. The summed E-state index contributed by atoms with van der Waals surface area (Å²) in [6, 6.07) is 7.36. The lowest BCUT2D eigenvalue weighted by molar-refractivity contribution is -0.141. The Morgan fingerprint density at radius 1 is 1.20 bits per heavy atom. The van der Waals surface area contributed by atoms with E-state index >= 15 is 0 Å². The zero-order chi connectivity index (χ0) is 14.8. The predicted octanol–water partition coefficient (Wildman–Crippen LogP) is 3.04. The van der Waals surface area contributed by atoms with Crippen molar-refractivity contribution in [2.75, 3.05) is 18.4 Å². The molecule has 2 amide bonds. The smallest absolute Gasteiger partial charge is 0.240 e. The highest BCUT2D eigenvalue weighted by Crippen LogP contribution is 2.48. The Balaban J connectivity index is 2.08. The van der Waals surface area contributed by atoms with Gasteiger partial charge >= 0.3 is 0 Å². The van der Waals surface area contributed by atoms with Crippen LogP contribution in [0.3, 0.4) is 0 Å². The van der Waals surface area contributed by atoms with Gasteiger partial charge in [0.25, 0.3) is 0 Å². The van der Waals surface area contributed by atoms with E-state index in [1.54, 1.807) is 4.90 Å². The van der Waals surface area contributed by atoms with Crippen molar-refractivity contribution in [2.45, 2.75) is 26.7 Å². The van der Waals surface area contributed by atoms with Gasteiger partial charge in [0.05, 0.1) is 0 Å². The number of carbonyl (C=O) groups excluding carboxylic acids is 2. The Morgan fingerprint density at radius 3 is 2.20 bits per heavy atom. The zero-order valence-corrected chi connectivity index (χ0v) is 13.4. The molecular formula is C15H19BrN2O2. The van der Waals surface area contributed by atoms with Crippen LogP contribution >= 0.6 is 15.9 Å². The van der Waals surface area contributed by atoms with Crippen LogP contribution in [0.1, 0.15) is 26.7 Å². The van der Waals surface area contributed by atoms with Gasteiger partial charge in [-0.3, -0.25) is 9.59 Å². The Kier molecular flexibility index (Phi) is 4.48. The molecule has 0 atom stereocenters. The number of rotatable bonds is 5. The second kappa shape index (κ2) is 5.95. The SMILES string of the molecule is CCN(CC)C(=O)C1(C(=O)Nc2ccc(Br)cc2)CC1. The van der Waals surface area contributed by atoms with Crippen LogP contribution in [0.5, 0.6) is 0 Å². The zero-order valence-electron chi connectivity index (χ0n) is 11.8. The number of hydrogen-bond acceptors (Lipinski definition) is 2. The number of amides is 2. The van der Waals surface area contributed by atoms with Crippen LogP contribution in [0.25, 0.3) is 0 Å². The van der Waals surface area contributed by atoms with Crippen molar-refractivity contribution in [3.8, 4) is 0 Å². The minimum Gasteiger partial charge on any atom is -0.342 e. The van der Waals surface area contributed by atoms with Gasteiger partial charge in [-0.15, -0.1) is 0 Å². The van der Waals surface area contributed by atoms with Crippen LogP contribution in [0, 0.1) is 5.41 Å². The Morgan fingerprint density at radius 2 is 1.75 bits per heavy atom. The predicted molar refractivity (Wildman–Crippen MR) is 82.4 cm³/mol. The lowest BCUT2D eigenvalue weighted by Crippen LogP contribution is -2.42. The third-order valence-corrected chi connectivity index (χ3v) is 4.28. The van der Waals surface area contributed by atoms with Gasteiger partial charge < -0.3 is 10.2 Å². The summed E-state index contributed by atoms with van der Waals surface area (Å²) in [6.07, 6.45) is 1.29. The molecule has 1 fully saturated rings. The van der Waals surface area contributed by atoms with Gasteiger partial charge in [0, 0.05) is 23.2 Å². The molecule has 0 aromatic heterocycles. The molecule has 0 unspecified atom stereocenters. The maximum atomic E-state index is 12.4. The fraction of sp³-hybridized carbons (Fsp3) is 0.467. The highest BCUT2D eigenvalue weighted by atomic mass is 79.9. The van der Waals surface area contributed by atoms with E-state index in [9.17, 15) is 9.59 Å². The van der Waals surface area contributed by atoms with Crippen molar-refractivity contribution in [1.82, 2.24) is 4.90 Å². The fourth-order valence-corrected chi connectivity index (χ4v) is 2.52. The molecule has 0 heterocycles. The van der Waals surface area contributed by atoms with Crippen molar-refractivity contribution >= 4 is 33.4 Å². The van der Waals surface area contributed by atoms with E-state index in [1.165, 1.54) is 0 Å². The quantitative estimate of drug-likeness (QED) is 0.839. The number of nitrogens with zero attached hydrogens (tertiary/aromatic N) is 1. The number of benzene rings is 1. The largest absolute Gasteiger partial charge is 0.342 e. The second-order valence-electron chi connectivity index (χ2n) is 5.02. The van der Waals surface area contributed by atoms with E-state index in [1.807, 2.05) is 38.1 Å². The van der Waals surface area contributed by atoms with Gasteiger partial charge in [-0.05, 0) is 51.0 Å². The second-order valence-corrected chi connectivity index (χ2v) is 5.94. The molecule has 0 radical (unpaired) electrons. The van der Waals surface area contributed by atoms with E-state index < -0.39 is 5.41 Å². The monoisotopic (exact) mass is 338 g/mol. The molecule has 0 bridgehead atoms. The molecule has 5 heteroatoms. The summed E-state index contributed by atoms with van der Waals surface area (Å²) in [5.41, 5.74) is -0.115. The maximum absolute atomic E-state index is 12.4. The molecule has 1 aliphatic carbocycles. The molecule has 1 saturated carbocycles. The molecule has 20 heavy (non-hydrogen) atoms. The van der Waals surface area contributed by atoms with Gasteiger partial charge in [0.2, 0.25) is 11.8 Å². The van der Waals surface area contributed by atoms with Crippen molar-refractivity contribution in [1.29, 1.82) is 0 Å². The minimum absolute atomic E-state index is 0.0443. The normalized spacial score (nSPS) is 15.6. The van der Waals surface area contributed by atoms with Crippen LogP contribution < -0.4 is 5.32 Å². The van der Waals surface area contributed by atoms with E-state index in [4.69, 9.17) is 0 Å². The molecule has 1 N–H and O–H groups in total. The third kappa shape index (κ3) is 2.87. The Hall–Kier alpha value is -1.36. The van der Waals surface area contributed by atoms with Crippen molar-refractivity contribution in [2.24, 2.45) is 5.41 Å². The van der Waals surface area contributed by atoms with E-state index in [0.29, 0.717) is 25.9 Å². The van der Waals surface area contributed by atoms with Gasteiger partial charge in [-0.1, -0.05) is 15.9 Å². The third-order valence-electron chi connectivity index (χ3n) is 3.75. The average molecular weight is 339 g/mol. The molecule has 0 saturated heterocycles. The van der Waals surface area contributed by atoms with Crippen LogP contribution in [0.4, 0.5) is 5.69 Å². The molecule has 1 aliphatic rings. The van der Waals surface area contributed by atoms with Crippen LogP contribution in [-0.4, -0.2) is 29.8 Å². The number of hydrogen-bond donors (Lipinski definition) is 1. The minimum atomic E-state index is -0.834. The highest BCUT2D eigenvalue weighted by Gasteiger charge is 2.57. The number of nitrogens with one attached hydrogen (secondary N) is 1. The summed E-state index contributed by atoms with van der Waals surface area (Å²) in [4.78, 5) is 26.6. The first-order chi connectivity index (χ1) is 9.53. The molecular weight excluding hydrogens is 320 g/mol. The molecule has 0 aliphatic heterocycles. The molecule has 1 aromatic carbocycles. The summed E-state index contributed by atoms with van der Waals surface area (Å²) < 4.78 is 0.954. The number of anilines is 1. The molecule has 108 valence electrons. The summed E-state index contributed by atoms with van der Waals surface area (Å²) in [7, 11) is 0. The standard InChI is InChI=1S/C15H19BrN2O2/c1-3-18(4-2)14(20)15(9-10-15)13(19)17-12-7-5-11(16)6-8-12/h5-8H,3-4,9-10H2,1-2H3,(H,17,19). The Bertz CT molecular complexity index is 505. The van der Waals surface area contributed by atoms with Gasteiger partial charge in [0.15, 0.2) is 0 Å². The first kappa shape index (κ1) is 15.0. The fourth-order valence-electron chi connectivity index (χ4n) is 2.26. The lowest BCUT2D eigenvalue weighted by atomic mass is 10.0. The van der Waals surface area contributed by atoms with E-state index in [0.717, 1.165) is 10.2 Å². The van der Waals surface area contributed by atoms with Crippen molar-refractivity contribution < 1.29 is 9.59 Å². The van der Waals surface area contributed by atoms with Crippen molar-refractivity contribution in [3.63, 3.8) is 0 Å². The lowest BCUT2D eigenvalue weighted by Gasteiger charge is -2.24. The summed E-state index contributed by atoms with van der Waals surface area (Å²) in [6.45, 7) is 5.15. The van der Waals surface area contributed by atoms with Crippen LogP contribution in [0.2, 0.25) is 0 Å². The first-order valence-corrected chi connectivity index (χ1v) is 7.69.